The largest absolute Gasteiger partial charge is 0.497 e. The van der Waals surface area contributed by atoms with E-state index in [2.05, 4.69) is 38.1 Å². The van der Waals surface area contributed by atoms with Gasteiger partial charge >= 0.3 is 0 Å². The molecule has 23 heavy (non-hydrogen) atoms. The molecule has 0 spiro atoms. The minimum atomic E-state index is 0.415. The van der Waals surface area contributed by atoms with E-state index in [1.807, 2.05) is 0 Å². The van der Waals surface area contributed by atoms with Crippen molar-refractivity contribution in [2.24, 2.45) is 0 Å². The van der Waals surface area contributed by atoms with Crippen molar-refractivity contribution < 1.29 is 19.3 Å². The second kappa shape index (κ2) is 7.65. The summed E-state index contributed by atoms with van der Waals surface area (Å²) in [5.74, 6) is 0.946. The van der Waals surface area contributed by atoms with Crippen LogP contribution in [-0.4, -0.2) is 51.5 Å². The van der Waals surface area contributed by atoms with Crippen LogP contribution in [0.3, 0.4) is 0 Å². The molecule has 1 aromatic carbocycles. The molecule has 0 bridgehead atoms. The van der Waals surface area contributed by atoms with Crippen LogP contribution in [0.15, 0.2) is 24.3 Å². The first-order valence-electron chi connectivity index (χ1n) is 9.10. The molecule has 2 fully saturated rings. The zero-order valence-corrected chi connectivity index (χ0v) is 14.8. The Morgan fingerprint density at radius 2 is 1.65 bits per heavy atom. The summed E-state index contributed by atoms with van der Waals surface area (Å²) in [5.41, 5.74) is 1.42. The van der Waals surface area contributed by atoms with Crippen LogP contribution >= 0.6 is 0 Å². The highest BCUT2D eigenvalue weighted by atomic mass is 16.5. The van der Waals surface area contributed by atoms with E-state index < -0.39 is 0 Å². The number of benzene rings is 1. The fraction of sp³-hybridized carbons (Fsp3) is 0.684. The van der Waals surface area contributed by atoms with E-state index in [9.17, 15) is 0 Å². The standard InChI is InChI=1S/C19H30N2O2/c1-15-12-21(13-16(2)23-15)18-8-10-20(11-9-18)14-17-4-6-19(22-3)7-5-17/h4-7,15-16,18H,8-14H2,1-3H3/p+2/t15-,16-/m0/s1. The Morgan fingerprint density at radius 3 is 2.22 bits per heavy atom. The number of hydrogen-bond donors (Lipinski definition) is 2. The van der Waals surface area contributed by atoms with Gasteiger partial charge in [0.2, 0.25) is 0 Å². The van der Waals surface area contributed by atoms with Crippen LogP contribution in [0.4, 0.5) is 0 Å². The molecule has 4 nitrogen and oxygen atoms in total. The van der Waals surface area contributed by atoms with Crippen molar-refractivity contribution >= 4 is 0 Å². The molecule has 0 unspecified atom stereocenters. The van der Waals surface area contributed by atoms with Crippen LogP contribution in [0, 0.1) is 0 Å². The van der Waals surface area contributed by atoms with Crippen molar-refractivity contribution in [2.45, 2.75) is 51.5 Å². The number of rotatable bonds is 4. The van der Waals surface area contributed by atoms with Gasteiger partial charge in [0.1, 0.15) is 37.6 Å². The van der Waals surface area contributed by atoms with Gasteiger partial charge in [-0.3, -0.25) is 0 Å². The zero-order valence-electron chi connectivity index (χ0n) is 14.8. The number of morpholine rings is 1. The summed E-state index contributed by atoms with van der Waals surface area (Å²) in [7, 11) is 1.72. The number of nitrogens with one attached hydrogen (secondary N) is 2. The van der Waals surface area contributed by atoms with Crippen molar-refractivity contribution in [3.05, 3.63) is 29.8 Å². The van der Waals surface area contributed by atoms with E-state index >= 15 is 0 Å². The van der Waals surface area contributed by atoms with E-state index in [4.69, 9.17) is 9.47 Å². The van der Waals surface area contributed by atoms with Gasteiger partial charge in [0.05, 0.1) is 26.2 Å². The van der Waals surface area contributed by atoms with E-state index in [1.165, 1.54) is 44.6 Å². The van der Waals surface area contributed by atoms with Gasteiger partial charge < -0.3 is 19.3 Å². The SMILES string of the molecule is COc1ccc(C[NH+]2CCC([NH+]3C[C@H](C)O[C@@H](C)C3)CC2)cc1. The molecule has 0 amide bonds. The third-order valence-electron chi connectivity index (χ3n) is 5.45. The summed E-state index contributed by atoms with van der Waals surface area (Å²) in [4.78, 5) is 3.50. The number of piperidine rings is 1. The number of methoxy groups -OCH3 is 1. The predicted molar refractivity (Wildman–Crippen MR) is 91.1 cm³/mol. The minimum absolute atomic E-state index is 0.415. The molecule has 3 rings (SSSR count). The Kier molecular flexibility index (Phi) is 5.57. The average molecular weight is 320 g/mol. The Hall–Kier alpha value is -1.10. The summed E-state index contributed by atoms with van der Waals surface area (Å²) < 4.78 is 11.1. The van der Waals surface area contributed by atoms with Crippen LogP contribution in [0.25, 0.3) is 0 Å². The van der Waals surface area contributed by atoms with Gasteiger partial charge in [-0.15, -0.1) is 0 Å². The van der Waals surface area contributed by atoms with Crippen LogP contribution in [-0.2, 0) is 11.3 Å². The molecule has 4 heteroatoms. The molecule has 2 heterocycles. The predicted octanol–water partition coefficient (Wildman–Crippen LogP) is -0.0654. The molecule has 2 atom stereocenters. The maximum Gasteiger partial charge on any atom is 0.118 e. The van der Waals surface area contributed by atoms with Crippen molar-refractivity contribution in [2.75, 3.05) is 33.3 Å². The summed E-state index contributed by atoms with van der Waals surface area (Å²) >= 11 is 0. The topological polar surface area (TPSA) is 27.3 Å². The fourth-order valence-electron chi connectivity index (χ4n) is 4.29. The van der Waals surface area contributed by atoms with Crippen molar-refractivity contribution in [1.82, 2.24) is 0 Å². The third kappa shape index (κ3) is 4.46. The molecule has 0 aliphatic carbocycles. The van der Waals surface area contributed by atoms with Crippen LogP contribution in [0.2, 0.25) is 0 Å². The van der Waals surface area contributed by atoms with E-state index in [0.29, 0.717) is 12.2 Å². The minimum Gasteiger partial charge on any atom is -0.497 e. The first-order chi connectivity index (χ1) is 11.1. The molecule has 2 aliphatic heterocycles. The molecule has 0 saturated carbocycles. The van der Waals surface area contributed by atoms with E-state index in [0.717, 1.165) is 18.3 Å². The van der Waals surface area contributed by atoms with Crippen molar-refractivity contribution in [1.29, 1.82) is 0 Å². The summed E-state index contributed by atoms with van der Waals surface area (Å²) in [5, 5.41) is 0. The van der Waals surface area contributed by atoms with Crippen molar-refractivity contribution in [3.8, 4) is 5.75 Å². The highest BCUT2D eigenvalue weighted by Gasteiger charge is 2.34. The summed E-state index contributed by atoms with van der Waals surface area (Å²) in [6.45, 7) is 10.5. The highest BCUT2D eigenvalue weighted by molar-refractivity contribution is 5.26. The Bertz CT molecular complexity index is 473. The molecule has 0 aromatic heterocycles. The van der Waals surface area contributed by atoms with Gasteiger partial charge in [0, 0.05) is 18.4 Å². The normalized spacial score (nSPS) is 35.0. The van der Waals surface area contributed by atoms with Gasteiger partial charge in [-0.1, -0.05) is 0 Å². The van der Waals surface area contributed by atoms with E-state index in [-0.39, 0.29) is 0 Å². The quantitative estimate of drug-likeness (QED) is 0.813. The zero-order chi connectivity index (χ0) is 16.2. The first kappa shape index (κ1) is 16.7. The molecule has 2 aliphatic rings. The van der Waals surface area contributed by atoms with Gasteiger partial charge in [-0.2, -0.15) is 0 Å². The maximum absolute atomic E-state index is 5.89. The summed E-state index contributed by atoms with van der Waals surface area (Å²) in [6, 6.07) is 9.39. The average Bonchev–Trinajstić information content (AvgIpc) is 2.55. The lowest BCUT2D eigenvalue weighted by Crippen LogP contribution is -3.22. The molecular formula is C19H32N2O2+2. The van der Waals surface area contributed by atoms with Gasteiger partial charge in [-0.05, 0) is 38.1 Å². The summed E-state index contributed by atoms with van der Waals surface area (Å²) in [6.07, 6.45) is 3.53. The first-order valence-corrected chi connectivity index (χ1v) is 9.10. The Morgan fingerprint density at radius 1 is 1.04 bits per heavy atom. The van der Waals surface area contributed by atoms with Gasteiger partial charge in [0.25, 0.3) is 0 Å². The lowest BCUT2D eigenvalue weighted by Gasteiger charge is -2.39. The number of quaternary nitrogens is 2. The molecule has 128 valence electrons. The van der Waals surface area contributed by atoms with E-state index in [1.54, 1.807) is 16.9 Å². The van der Waals surface area contributed by atoms with Crippen LogP contribution in [0.1, 0.15) is 32.3 Å². The van der Waals surface area contributed by atoms with Crippen molar-refractivity contribution in [3.63, 3.8) is 0 Å². The number of likely N-dealkylation sites (tertiary alicyclic amines) is 1. The second-order valence-corrected chi connectivity index (χ2v) is 7.37. The lowest BCUT2D eigenvalue weighted by atomic mass is 10.0. The number of ether oxygens (including phenoxy) is 2. The molecule has 2 saturated heterocycles. The molecule has 1 aromatic rings. The van der Waals surface area contributed by atoms with Crippen LogP contribution in [0.5, 0.6) is 5.75 Å². The molecule has 2 N–H and O–H groups in total. The Labute approximate surface area is 140 Å². The van der Waals surface area contributed by atoms with Gasteiger partial charge in [0.15, 0.2) is 0 Å². The number of hydrogen-bond acceptors (Lipinski definition) is 2. The monoisotopic (exact) mass is 320 g/mol. The highest BCUT2D eigenvalue weighted by Crippen LogP contribution is 2.10. The second-order valence-electron chi connectivity index (χ2n) is 7.37. The fourth-order valence-corrected chi connectivity index (χ4v) is 4.29. The van der Waals surface area contributed by atoms with Gasteiger partial charge in [-0.25, -0.2) is 0 Å². The molecule has 0 radical (unpaired) electrons. The smallest absolute Gasteiger partial charge is 0.118 e. The maximum atomic E-state index is 5.89. The lowest BCUT2D eigenvalue weighted by molar-refractivity contribution is -0.970. The van der Waals surface area contributed by atoms with Crippen LogP contribution < -0.4 is 14.5 Å². The Balaban J connectivity index is 1.48. The molecular weight excluding hydrogens is 288 g/mol. The third-order valence-corrected chi connectivity index (χ3v) is 5.45.